The normalized spacial score (nSPS) is 14.8. The summed E-state index contributed by atoms with van der Waals surface area (Å²) in [6.07, 6.45) is 6.54. The van der Waals surface area contributed by atoms with Crippen LogP contribution in [0.15, 0.2) is 24.9 Å². The molecule has 1 aliphatic rings. The van der Waals surface area contributed by atoms with E-state index in [1.165, 1.54) is 25.3 Å². The van der Waals surface area contributed by atoms with E-state index < -0.39 is 16.9 Å². The topological polar surface area (TPSA) is 95.9 Å². The first kappa shape index (κ1) is 12.9. The lowest BCUT2D eigenvalue weighted by molar-refractivity contribution is 0.542. The molecule has 0 spiro atoms. The Hall–Kier alpha value is -2.11. The summed E-state index contributed by atoms with van der Waals surface area (Å²) in [5.41, 5.74) is -1.12. The third-order valence-electron chi connectivity index (χ3n) is 3.73. The van der Waals surface area contributed by atoms with Gasteiger partial charge in [0.1, 0.15) is 5.39 Å². The third kappa shape index (κ3) is 2.74. The Morgan fingerprint density at radius 2 is 1.95 bits per heavy atom. The molecular weight excluding hydrogens is 260 g/mol. The molecule has 1 saturated carbocycles. The fraction of sp³-hybridized carbons (Fsp3) is 0.500. The maximum atomic E-state index is 11.8. The molecule has 6 heteroatoms. The molecule has 2 aromatic rings. The average Bonchev–Trinajstić information content (AvgIpc) is 3.17. The average molecular weight is 276 g/mol. The van der Waals surface area contributed by atoms with E-state index in [0.717, 1.165) is 18.8 Å². The Kier molecular flexibility index (Phi) is 3.30. The number of hydrogen-bond donors (Lipinski definition) is 2. The zero-order valence-electron chi connectivity index (χ0n) is 11.0. The van der Waals surface area contributed by atoms with Crippen molar-refractivity contribution in [2.24, 2.45) is 5.92 Å². The minimum Gasteiger partial charge on any atom is -0.405 e. The highest BCUT2D eigenvalue weighted by Crippen LogP contribution is 2.34. The molecule has 2 N–H and O–H groups in total. The van der Waals surface area contributed by atoms with Gasteiger partial charge in [-0.05, 0) is 24.3 Å². The molecule has 1 fully saturated rings. The minimum atomic E-state index is -0.670. The van der Waals surface area contributed by atoms with E-state index in [0.29, 0.717) is 12.0 Å². The highest BCUT2D eigenvalue weighted by Gasteiger charge is 2.20. The molecule has 20 heavy (non-hydrogen) atoms. The van der Waals surface area contributed by atoms with Crippen LogP contribution in [0.25, 0.3) is 11.1 Å². The van der Waals surface area contributed by atoms with Gasteiger partial charge < -0.3 is 4.42 Å². The van der Waals surface area contributed by atoms with Crippen LogP contribution in [0.5, 0.6) is 0 Å². The summed E-state index contributed by atoms with van der Waals surface area (Å²) in [5.74, 6) is 0.882. The highest BCUT2D eigenvalue weighted by atomic mass is 16.4. The second kappa shape index (κ2) is 5.11. The van der Waals surface area contributed by atoms with Gasteiger partial charge in [-0.3, -0.25) is 14.8 Å². The molecule has 0 saturated heterocycles. The highest BCUT2D eigenvalue weighted by molar-refractivity contribution is 5.75. The molecule has 0 bridgehead atoms. The van der Waals surface area contributed by atoms with Crippen molar-refractivity contribution in [3.63, 3.8) is 0 Å². The van der Waals surface area contributed by atoms with Gasteiger partial charge in [-0.15, -0.1) is 0 Å². The van der Waals surface area contributed by atoms with Crippen LogP contribution < -0.4 is 16.9 Å². The molecule has 0 amide bonds. The van der Waals surface area contributed by atoms with E-state index in [4.69, 9.17) is 4.42 Å². The Balaban J connectivity index is 1.90. The van der Waals surface area contributed by atoms with E-state index in [1.807, 2.05) is 0 Å². The predicted octanol–water partition coefficient (Wildman–Crippen LogP) is 1.29. The van der Waals surface area contributed by atoms with E-state index in [2.05, 4.69) is 9.97 Å². The molecule has 1 aliphatic carbocycles. The summed E-state index contributed by atoms with van der Waals surface area (Å²) in [6.45, 7) is 0. The van der Waals surface area contributed by atoms with Crippen LogP contribution in [0, 0.1) is 5.92 Å². The van der Waals surface area contributed by atoms with Crippen molar-refractivity contribution in [2.75, 3.05) is 0 Å². The second-order valence-corrected chi connectivity index (χ2v) is 5.39. The number of fused-ring (bicyclic) bond motifs is 1. The van der Waals surface area contributed by atoms with Crippen molar-refractivity contribution in [1.29, 1.82) is 0 Å². The van der Waals surface area contributed by atoms with Crippen LogP contribution in [0.2, 0.25) is 0 Å². The lowest BCUT2D eigenvalue weighted by atomic mass is 10.0. The molecule has 0 aliphatic heterocycles. The maximum absolute atomic E-state index is 11.8. The van der Waals surface area contributed by atoms with Gasteiger partial charge in [-0.2, -0.15) is 0 Å². The maximum Gasteiger partial charge on any atom is 0.337 e. The van der Waals surface area contributed by atoms with Crippen molar-refractivity contribution in [3.05, 3.63) is 42.9 Å². The first-order valence-electron chi connectivity index (χ1n) is 6.93. The number of unbranched alkanes of at least 4 members (excludes halogenated alkanes) is 1. The standard InChI is InChI=1S/C14H16N2O4/c17-10-7-9(4-2-1-3-8-5-6-8)11-12(18)15-14(19)16-13(11)20-10/h7-8H,1-6H2,(H2,15,16,18,19). The monoisotopic (exact) mass is 276 g/mol. The van der Waals surface area contributed by atoms with E-state index in [9.17, 15) is 14.4 Å². The predicted molar refractivity (Wildman–Crippen MR) is 74.0 cm³/mol. The molecule has 0 atom stereocenters. The molecule has 0 unspecified atom stereocenters. The van der Waals surface area contributed by atoms with Gasteiger partial charge in [0.25, 0.3) is 5.56 Å². The van der Waals surface area contributed by atoms with E-state index in [-0.39, 0.29) is 11.1 Å². The number of aromatic amines is 2. The number of H-pyrrole nitrogens is 2. The largest absolute Gasteiger partial charge is 0.405 e. The summed E-state index contributed by atoms with van der Waals surface area (Å²) < 4.78 is 4.89. The van der Waals surface area contributed by atoms with Crippen LogP contribution in [-0.4, -0.2) is 9.97 Å². The van der Waals surface area contributed by atoms with Gasteiger partial charge >= 0.3 is 11.3 Å². The molecule has 106 valence electrons. The quantitative estimate of drug-likeness (QED) is 0.804. The van der Waals surface area contributed by atoms with Gasteiger partial charge in [-0.1, -0.05) is 25.7 Å². The molecule has 3 rings (SSSR count). The molecule has 2 aromatic heterocycles. The molecule has 0 radical (unpaired) electrons. The van der Waals surface area contributed by atoms with Crippen molar-refractivity contribution in [3.8, 4) is 0 Å². The van der Waals surface area contributed by atoms with Gasteiger partial charge in [0, 0.05) is 6.07 Å². The molecule has 0 aromatic carbocycles. The molecule has 6 nitrogen and oxygen atoms in total. The second-order valence-electron chi connectivity index (χ2n) is 5.39. The Morgan fingerprint density at radius 3 is 2.70 bits per heavy atom. The number of aromatic nitrogens is 2. The van der Waals surface area contributed by atoms with Crippen molar-refractivity contribution < 1.29 is 4.42 Å². The zero-order valence-corrected chi connectivity index (χ0v) is 11.0. The lowest BCUT2D eigenvalue weighted by Gasteiger charge is -2.04. The fourth-order valence-electron chi connectivity index (χ4n) is 2.53. The van der Waals surface area contributed by atoms with Crippen LogP contribution in [0.3, 0.4) is 0 Å². The third-order valence-corrected chi connectivity index (χ3v) is 3.73. The number of nitrogens with one attached hydrogen (secondary N) is 2. The van der Waals surface area contributed by atoms with Gasteiger partial charge in [0.15, 0.2) is 0 Å². The van der Waals surface area contributed by atoms with Crippen LogP contribution in [-0.2, 0) is 6.42 Å². The van der Waals surface area contributed by atoms with Gasteiger partial charge in [0.05, 0.1) is 0 Å². The van der Waals surface area contributed by atoms with Crippen molar-refractivity contribution in [1.82, 2.24) is 9.97 Å². The van der Waals surface area contributed by atoms with Gasteiger partial charge in [-0.25, -0.2) is 9.59 Å². The Bertz CT molecular complexity index is 790. The van der Waals surface area contributed by atoms with Crippen molar-refractivity contribution in [2.45, 2.75) is 38.5 Å². The SMILES string of the molecule is O=c1[nH]c(=O)c2c(CCCCC3CC3)cc(=O)oc2[nH]1. The van der Waals surface area contributed by atoms with Crippen LogP contribution in [0.4, 0.5) is 0 Å². The number of hydrogen-bond acceptors (Lipinski definition) is 4. The van der Waals surface area contributed by atoms with Crippen LogP contribution in [0.1, 0.15) is 37.7 Å². The number of rotatable bonds is 5. The first-order chi connectivity index (χ1) is 9.63. The first-order valence-corrected chi connectivity index (χ1v) is 6.93. The summed E-state index contributed by atoms with van der Waals surface area (Å²) in [7, 11) is 0. The summed E-state index contributed by atoms with van der Waals surface area (Å²) in [4.78, 5) is 39.0. The van der Waals surface area contributed by atoms with E-state index >= 15 is 0 Å². The lowest BCUT2D eigenvalue weighted by Crippen LogP contribution is -2.24. The van der Waals surface area contributed by atoms with Crippen molar-refractivity contribution >= 4 is 11.1 Å². The zero-order chi connectivity index (χ0) is 14.1. The Labute approximate surface area is 113 Å². The van der Waals surface area contributed by atoms with E-state index in [1.54, 1.807) is 0 Å². The smallest absolute Gasteiger partial charge is 0.337 e. The Morgan fingerprint density at radius 1 is 1.15 bits per heavy atom. The summed E-state index contributed by atoms with van der Waals surface area (Å²) >= 11 is 0. The summed E-state index contributed by atoms with van der Waals surface area (Å²) in [5, 5.41) is 0.274. The molecule has 2 heterocycles. The summed E-state index contributed by atoms with van der Waals surface area (Å²) in [6, 6.07) is 1.34. The van der Waals surface area contributed by atoms with Gasteiger partial charge in [0.2, 0.25) is 5.71 Å². The molecular formula is C14H16N2O4. The fourth-order valence-corrected chi connectivity index (χ4v) is 2.53. The minimum absolute atomic E-state index is 0.0385. The van der Waals surface area contributed by atoms with Crippen LogP contribution >= 0.6 is 0 Å². The number of aryl methyl sites for hydroxylation is 1.